The maximum absolute atomic E-state index is 5.41. The van der Waals surface area contributed by atoms with Crippen LogP contribution in [0.5, 0.6) is 0 Å². The summed E-state index contributed by atoms with van der Waals surface area (Å²) >= 11 is 1.80. The molecule has 0 saturated heterocycles. The van der Waals surface area contributed by atoms with E-state index in [2.05, 4.69) is 38.1 Å². The SMILES string of the molecule is COCCOCSCc1cccc(C(C)C)c1. The quantitative estimate of drug-likeness (QED) is 0.521. The Bertz CT molecular complexity index is 313. The van der Waals surface area contributed by atoms with Gasteiger partial charge < -0.3 is 9.47 Å². The Morgan fingerprint density at radius 2 is 2.06 bits per heavy atom. The Kier molecular flexibility index (Phi) is 7.33. The minimum absolute atomic E-state index is 0.595. The first-order chi connectivity index (χ1) is 8.24. The molecule has 0 heterocycles. The molecule has 0 amide bonds. The molecule has 0 aliphatic rings. The average Bonchev–Trinajstić information content (AvgIpc) is 2.34. The van der Waals surface area contributed by atoms with Crippen LogP contribution in [0.1, 0.15) is 30.9 Å². The molecule has 0 aliphatic carbocycles. The van der Waals surface area contributed by atoms with Gasteiger partial charge in [0.05, 0.1) is 19.2 Å². The number of benzene rings is 1. The second-order valence-electron chi connectivity index (χ2n) is 4.27. The summed E-state index contributed by atoms with van der Waals surface area (Å²) < 4.78 is 10.3. The lowest BCUT2D eigenvalue weighted by Crippen LogP contribution is -2.01. The average molecular weight is 254 g/mol. The summed E-state index contributed by atoms with van der Waals surface area (Å²) in [5, 5.41) is 0. The molecule has 0 unspecified atom stereocenters. The maximum Gasteiger partial charge on any atom is 0.0925 e. The number of hydrogen-bond acceptors (Lipinski definition) is 3. The van der Waals surface area contributed by atoms with Gasteiger partial charge >= 0.3 is 0 Å². The van der Waals surface area contributed by atoms with Crippen molar-refractivity contribution in [3.05, 3.63) is 35.4 Å². The van der Waals surface area contributed by atoms with E-state index in [-0.39, 0.29) is 0 Å². The lowest BCUT2D eigenvalue weighted by atomic mass is 10.0. The second kappa shape index (κ2) is 8.56. The van der Waals surface area contributed by atoms with Crippen molar-refractivity contribution in [1.29, 1.82) is 0 Å². The minimum Gasteiger partial charge on any atom is -0.382 e. The Hall–Kier alpha value is -0.510. The highest BCUT2D eigenvalue weighted by Gasteiger charge is 2.00. The van der Waals surface area contributed by atoms with Crippen LogP contribution in [0.2, 0.25) is 0 Å². The van der Waals surface area contributed by atoms with Gasteiger partial charge in [-0.15, -0.1) is 11.8 Å². The standard InChI is InChI=1S/C14H22O2S/c1-12(2)14-6-4-5-13(9-14)10-17-11-16-8-7-15-3/h4-6,9,12H,7-8,10-11H2,1-3H3. The van der Waals surface area contributed by atoms with Crippen molar-refractivity contribution in [2.75, 3.05) is 26.3 Å². The van der Waals surface area contributed by atoms with E-state index in [9.17, 15) is 0 Å². The third-order valence-electron chi connectivity index (χ3n) is 2.48. The highest BCUT2D eigenvalue weighted by atomic mass is 32.2. The first kappa shape index (κ1) is 14.6. The van der Waals surface area contributed by atoms with E-state index in [0.29, 0.717) is 19.1 Å². The van der Waals surface area contributed by atoms with Crippen LogP contribution in [0.15, 0.2) is 24.3 Å². The van der Waals surface area contributed by atoms with Crippen molar-refractivity contribution in [3.63, 3.8) is 0 Å². The summed E-state index contributed by atoms with van der Waals surface area (Å²) in [5.74, 6) is 2.33. The summed E-state index contributed by atoms with van der Waals surface area (Å²) in [6.45, 7) is 5.79. The lowest BCUT2D eigenvalue weighted by Gasteiger charge is -2.08. The highest BCUT2D eigenvalue weighted by molar-refractivity contribution is 7.98. The number of hydrogen-bond donors (Lipinski definition) is 0. The van der Waals surface area contributed by atoms with Gasteiger partial charge in [-0.1, -0.05) is 38.1 Å². The zero-order chi connectivity index (χ0) is 12.5. The van der Waals surface area contributed by atoms with Crippen LogP contribution in [-0.4, -0.2) is 26.3 Å². The van der Waals surface area contributed by atoms with Gasteiger partial charge in [0, 0.05) is 12.9 Å². The normalized spacial score (nSPS) is 11.1. The van der Waals surface area contributed by atoms with E-state index in [1.54, 1.807) is 18.9 Å². The number of rotatable bonds is 8. The summed E-state index contributed by atoms with van der Waals surface area (Å²) in [7, 11) is 1.69. The van der Waals surface area contributed by atoms with Gasteiger partial charge in [-0.2, -0.15) is 0 Å². The first-order valence-electron chi connectivity index (χ1n) is 5.97. The van der Waals surface area contributed by atoms with Gasteiger partial charge in [0.25, 0.3) is 0 Å². The molecular formula is C14H22O2S. The van der Waals surface area contributed by atoms with Crippen molar-refractivity contribution >= 4 is 11.8 Å². The van der Waals surface area contributed by atoms with E-state index < -0.39 is 0 Å². The predicted octanol–water partition coefficient (Wildman–Crippen LogP) is 3.66. The fourth-order valence-electron chi connectivity index (χ4n) is 1.46. The van der Waals surface area contributed by atoms with E-state index >= 15 is 0 Å². The molecule has 0 atom stereocenters. The number of methoxy groups -OCH3 is 1. The van der Waals surface area contributed by atoms with Crippen molar-refractivity contribution in [2.45, 2.75) is 25.5 Å². The van der Waals surface area contributed by atoms with Gasteiger partial charge in [0.15, 0.2) is 0 Å². The van der Waals surface area contributed by atoms with Crippen molar-refractivity contribution in [3.8, 4) is 0 Å². The first-order valence-corrected chi connectivity index (χ1v) is 7.12. The molecule has 0 radical (unpaired) electrons. The predicted molar refractivity (Wildman–Crippen MR) is 74.5 cm³/mol. The molecule has 0 N–H and O–H groups in total. The zero-order valence-electron chi connectivity index (χ0n) is 10.9. The van der Waals surface area contributed by atoms with E-state index in [0.717, 1.165) is 11.7 Å². The van der Waals surface area contributed by atoms with Crippen LogP contribution in [0, 0.1) is 0 Å². The van der Waals surface area contributed by atoms with Gasteiger partial charge in [-0.25, -0.2) is 0 Å². The van der Waals surface area contributed by atoms with Crippen molar-refractivity contribution in [1.82, 2.24) is 0 Å². The Morgan fingerprint density at radius 1 is 1.24 bits per heavy atom. The molecular weight excluding hydrogens is 232 g/mol. The number of thioether (sulfide) groups is 1. The van der Waals surface area contributed by atoms with E-state index in [1.165, 1.54) is 11.1 Å². The molecule has 1 aromatic rings. The number of ether oxygens (including phenoxy) is 2. The monoisotopic (exact) mass is 254 g/mol. The summed E-state index contributed by atoms with van der Waals surface area (Å²) in [4.78, 5) is 0. The summed E-state index contributed by atoms with van der Waals surface area (Å²) in [6.07, 6.45) is 0. The molecule has 2 nitrogen and oxygen atoms in total. The van der Waals surface area contributed by atoms with Gasteiger partial charge in [0.2, 0.25) is 0 Å². The smallest absolute Gasteiger partial charge is 0.0925 e. The summed E-state index contributed by atoms with van der Waals surface area (Å²) in [6, 6.07) is 8.78. The Balaban J connectivity index is 2.24. The Morgan fingerprint density at radius 3 is 2.76 bits per heavy atom. The van der Waals surface area contributed by atoms with Gasteiger partial charge in [-0.05, 0) is 17.0 Å². The molecule has 0 aromatic heterocycles. The van der Waals surface area contributed by atoms with Crippen LogP contribution in [0.25, 0.3) is 0 Å². The van der Waals surface area contributed by atoms with Crippen molar-refractivity contribution < 1.29 is 9.47 Å². The molecule has 17 heavy (non-hydrogen) atoms. The molecule has 96 valence electrons. The molecule has 0 bridgehead atoms. The van der Waals surface area contributed by atoms with E-state index in [1.807, 2.05) is 0 Å². The maximum atomic E-state index is 5.41. The second-order valence-corrected chi connectivity index (χ2v) is 5.20. The summed E-state index contributed by atoms with van der Waals surface area (Å²) in [5.41, 5.74) is 2.78. The zero-order valence-corrected chi connectivity index (χ0v) is 11.8. The fourth-order valence-corrected chi connectivity index (χ4v) is 2.20. The molecule has 0 saturated carbocycles. The van der Waals surface area contributed by atoms with Crippen LogP contribution >= 0.6 is 11.8 Å². The van der Waals surface area contributed by atoms with Gasteiger partial charge in [0.1, 0.15) is 0 Å². The van der Waals surface area contributed by atoms with Crippen LogP contribution in [0.3, 0.4) is 0 Å². The largest absolute Gasteiger partial charge is 0.382 e. The molecule has 3 heteroatoms. The third kappa shape index (κ3) is 6.10. The van der Waals surface area contributed by atoms with Crippen LogP contribution < -0.4 is 0 Å². The molecule has 0 spiro atoms. The highest BCUT2D eigenvalue weighted by Crippen LogP contribution is 2.18. The molecule has 1 rings (SSSR count). The molecule has 1 aromatic carbocycles. The van der Waals surface area contributed by atoms with Crippen LogP contribution in [0.4, 0.5) is 0 Å². The van der Waals surface area contributed by atoms with Gasteiger partial charge in [-0.3, -0.25) is 0 Å². The topological polar surface area (TPSA) is 18.5 Å². The third-order valence-corrected chi connectivity index (χ3v) is 3.36. The molecule has 0 aliphatic heterocycles. The van der Waals surface area contributed by atoms with Crippen molar-refractivity contribution in [2.24, 2.45) is 0 Å². The minimum atomic E-state index is 0.595. The Labute approximate surface area is 109 Å². The van der Waals surface area contributed by atoms with E-state index in [4.69, 9.17) is 9.47 Å². The van der Waals surface area contributed by atoms with Crippen LogP contribution in [-0.2, 0) is 15.2 Å². The fraction of sp³-hybridized carbons (Fsp3) is 0.571. The molecule has 0 fully saturated rings. The lowest BCUT2D eigenvalue weighted by molar-refractivity contribution is 0.0953.